The molecule has 20 heavy (non-hydrogen) atoms. The van der Waals surface area contributed by atoms with Crippen LogP contribution in [0.4, 0.5) is 10.1 Å². The Balaban J connectivity index is 2.09. The molecule has 0 radical (unpaired) electrons. The van der Waals surface area contributed by atoms with E-state index in [0.29, 0.717) is 13.2 Å². The highest BCUT2D eigenvalue weighted by molar-refractivity contribution is 5.48. The molecule has 2 rings (SSSR count). The van der Waals surface area contributed by atoms with Crippen LogP contribution in [-0.4, -0.2) is 16.4 Å². The van der Waals surface area contributed by atoms with E-state index in [-0.39, 0.29) is 11.6 Å². The van der Waals surface area contributed by atoms with E-state index in [1.807, 2.05) is 38.6 Å². The fourth-order valence-corrected chi connectivity index (χ4v) is 2.15. The van der Waals surface area contributed by atoms with Crippen LogP contribution in [0.5, 0.6) is 5.75 Å². The molecule has 0 aliphatic heterocycles. The molecule has 0 saturated carbocycles. The molecule has 0 spiro atoms. The number of anilines is 1. The molecule has 0 fully saturated rings. The van der Waals surface area contributed by atoms with Gasteiger partial charge in [-0.05, 0) is 32.9 Å². The van der Waals surface area contributed by atoms with Crippen molar-refractivity contribution in [1.29, 1.82) is 0 Å². The largest absolute Gasteiger partial charge is 0.491 e. The van der Waals surface area contributed by atoms with Gasteiger partial charge in [-0.3, -0.25) is 4.68 Å². The zero-order valence-electron chi connectivity index (χ0n) is 12.3. The van der Waals surface area contributed by atoms with E-state index >= 15 is 0 Å². The highest BCUT2D eigenvalue weighted by Gasteiger charge is 2.09. The predicted octanol–water partition coefficient (Wildman–Crippen LogP) is 3.19. The average molecular weight is 277 g/mol. The van der Waals surface area contributed by atoms with Gasteiger partial charge in [0.05, 0.1) is 12.3 Å². The van der Waals surface area contributed by atoms with Crippen LogP contribution >= 0.6 is 0 Å². The van der Waals surface area contributed by atoms with Crippen molar-refractivity contribution in [2.75, 3.05) is 11.9 Å². The van der Waals surface area contributed by atoms with Gasteiger partial charge in [0.15, 0.2) is 11.6 Å². The maximum atomic E-state index is 13.7. The van der Waals surface area contributed by atoms with E-state index in [2.05, 4.69) is 10.4 Å². The summed E-state index contributed by atoms with van der Waals surface area (Å²) in [6.45, 7) is 6.91. The third-order valence-electron chi connectivity index (χ3n) is 3.36. The van der Waals surface area contributed by atoms with Crippen molar-refractivity contribution in [2.24, 2.45) is 7.05 Å². The van der Waals surface area contributed by atoms with Gasteiger partial charge in [-0.15, -0.1) is 0 Å². The third-order valence-corrected chi connectivity index (χ3v) is 3.36. The van der Waals surface area contributed by atoms with E-state index in [0.717, 1.165) is 22.6 Å². The normalized spacial score (nSPS) is 10.7. The number of ether oxygens (including phenoxy) is 1. The van der Waals surface area contributed by atoms with Gasteiger partial charge in [0, 0.05) is 36.6 Å². The number of aromatic nitrogens is 2. The molecule has 1 aromatic carbocycles. The van der Waals surface area contributed by atoms with Crippen molar-refractivity contribution >= 4 is 5.69 Å². The average Bonchev–Trinajstić information content (AvgIpc) is 2.64. The second kappa shape index (κ2) is 5.94. The summed E-state index contributed by atoms with van der Waals surface area (Å²) < 4.78 is 20.8. The summed E-state index contributed by atoms with van der Waals surface area (Å²) in [7, 11) is 1.92. The minimum Gasteiger partial charge on any atom is -0.491 e. The lowest BCUT2D eigenvalue weighted by molar-refractivity contribution is 0.321. The molecular weight excluding hydrogens is 257 g/mol. The first-order chi connectivity index (χ1) is 9.52. The van der Waals surface area contributed by atoms with E-state index in [1.165, 1.54) is 6.07 Å². The number of halogens is 1. The SMILES string of the molecule is CCOc1ccc(NCc2c(C)nn(C)c2C)cc1F. The number of hydrogen-bond acceptors (Lipinski definition) is 3. The fourth-order valence-electron chi connectivity index (χ4n) is 2.15. The summed E-state index contributed by atoms with van der Waals surface area (Å²) in [5, 5.41) is 7.58. The van der Waals surface area contributed by atoms with E-state index in [9.17, 15) is 4.39 Å². The molecule has 4 nitrogen and oxygen atoms in total. The van der Waals surface area contributed by atoms with Crippen LogP contribution in [-0.2, 0) is 13.6 Å². The van der Waals surface area contributed by atoms with Crippen molar-refractivity contribution in [3.8, 4) is 5.75 Å². The van der Waals surface area contributed by atoms with Crippen molar-refractivity contribution in [1.82, 2.24) is 9.78 Å². The van der Waals surface area contributed by atoms with Gasteiger partial charge in [-0.25, -0.2) is 4.39 Å². The second-order valence-corrected chi connectivity index (χ2v) is 4.70. The third kappa shape index (κ3) is 2.92. The topological polar surface area (TPSA) is 39.1 Å². The van der Waals surface area contributed by atoms with Crippen molar-refractivity contribution in [3.63, 3.8) is 0 Å². The highest BCUT2D eigenvalue weighted by Crippen LogP contribution is 2.22. The second-order valence-electron chi connectivity index (χ2n) is 4.70. The molecule has 1 N–H and O–H groups in total. The van der Waals surface area contributed by atoms with Crippen LogP contribution in [0.15, 0.2) is 18.2 Å². The van der Waals surface area contributed by atoms with Gasteiger partial charge < -0.3 is 10.1 Å². The summed E-state index contributed by atoms with van der Waals surface area (Å²) in [5.41, 5.74) is 3.97. The molecular formula is C15H20FN3O. The van der Waals surface area contributed by atoms with E-state index in [4.69, 9.17) is 4.74 Å². The standard InChI is InChI=1S/C15H20FN3O/c1-5-20-15-7-6-12(8-14(15)16)17-9-13-10(2)18-19(4)11(13)3/h6-8,17H,5,9H2,1-4H3. The Bertz CT molecular complexity index is 607. The Kier molecular flexibility index (Phi) is 4.27. The number of benzene rings is 1. The summed E-state index contributed by atoms with van der Waals surface area (Å²) >= 11 is 0. The molecule has 108 valence electrons. The number of nitrogens with one attached hydrogen (secondary N) is 1. The maximum Gasteiger partial charge on any atom is 0.167 e. The molecule has 1 aromatic heterocycles. The van der Waals surface area contributed by atoms with Gasteiger partial charge in [0.2, 0.25) is 0 Å². The lowest BCUT2D eigenvalue weighted by atomic mass is 10.2. The molecule has 5 heteroatoms. The molecule has 0 aliphatic carbocycles. The zero-order chi connectivity index (χ0) is 14.7. The molecule has 0 saturated heterocycles. The van der Waals surface area contributed by atoms with Crippen molar-refractivity contribution in [2.45, 2.75) is 27.3 Å². The van der Waals surface area contributed by atoms with Gasteiger partial charge in [-0.1, -0.05) is 0 Å². The first kappa shape index (κ1) is 14.4. The first-order valence-electron chi connectivity index (χ1n) is 6.68. The lowest BCUT2D eigenvalue weighted by Crippen LogP contribution is -2.03. The summed E-state index contributed by atoms with van der Waals surface area (Å²) in [6.07, 6.45) is 0. The molecule has 1 heterocycles. The zero-order valence-corrected chi connectivity index (χ0v) is 12.3. The molecule has 0 bridgehead atoms. The van der Waals surface area contributed by atoms with Crippen molar-refractivity contribution in [3.05, 3.63) is 41.0 Å². The Morgan fingerprint density at radius 2 is 2.10 bits per heavy atom. The van der Waals surface area contributed by atoms with Crippen LogP contribution in [0.25, 0.3) is 0 Å². The number of hydrogen-bond donors (Lipinski definition) is 1. The highest BCUT2D eigenvalue weighted by atomic mass is 19.1. The van der Waals surface area contributed by atoms with E-state index in [1.54, 1.807) is 6.07 Å². The van der Waals surface area contributed by atoms with Crippen molar-refractivity contribution < 1.29 is 9.13 Å². The summed E-state index contributed by atoms with van der Waals surface area (Å²) in [6, 6.07) is 4.91. The van der Waals surface area contributed by atoms with Crippen LogP contribution in [0.2, 0.25) is 0 Å². The number of nitrogens with zero attached hydrogens (tertiary/aromatic N) is 2. The van der Waals surface area contributed by atoms with Crippen LogP contribution in [0.3, 0.4) is 0 Å². The van der Waals surface area contributed by atoms with Gasteiger partial charge in [0.25, 0.3) is 0 Å². The molecule has 0 aliphatic rings. The minimum atomic E-state index is -0.350. The Hall–Kier alpha value is -2.04. The fraction of sp³-hybridized carbons (Fsp3) is 0.400. The van der Waals surface area contributed by atoms with Gasteiger partial charge >= 0.3 is 0 Å². The van der Waals surface area contributed by atoms with Crippen LogP contribution < -0.4 is 10.1 Å². The Labute approximate surface area is 118 Å². The minimum absolute atomic E-state index is 0.284. The Morgan fingerprint density at radius 3 is 2.65 bits per heavy atom. The van der Waals surface area contributed by atoms with Gasteiger partial charge in [-0.2, -0.15) is 5.10 Å². The number of rotatable bonds is 5. The quantitative estimate of drug-likeness (QED) is 0.912. The first-order valence-corrected chi connectivity index (χ1v) is 6.68. The number of aryl methyl sites for hydroxylation is 2. The maximum absolute atomic E-state index is 13.7. The van der Waals surface area contributed by atoms with Gasteiger partial charge in [0.1, 0.15) is 0 Å². The lowest BCUT2D eigenvalue weighted by Gasteiger charge is -2.09. The Morgan fingerprint density at radius 1 is 1.35 bits per heavy atom. The molecule has 2 aromatic rings. The van der Waals surface area contributed by atoms with Crippen LogP contribution in [0, 0.1) is 19.7 Å². The monoisotopic (exact) mass is 277 g/mol. The van der Waals surface area contributed by atoms with E-state index < -0.39 is 0 Å². The summed E-state index contributed by atoms with van der Waals surface area (Å²) in [4.78, 5) is 0. The molecule has 0 atom stereocenters. The molecule has 0 amide bonds. The summed E-state index contributed by atoms with van der Waals surface area (Å²) in [5.74, 6) is -0.0664. The predicted molar refractivity (Wildman–Crippen MR) is 77.6 cm³/mol. The molecule has 0 unspecified atom stereocenters. The smallest absolute Gasteiger partial charge is 0.167 e. The van der Waals surface area contributed by atoms with Crippen LogP contribution in [0.1, 0.15) is 23.9 Å².